The van der Waals surface area contributed by atoms with Crippen LogP contribution in [0.3, 0.4) is 0 Å². The van der Waals surface area contributed by atoms with Gasteiger partial charge >= 0.3 is 0 Å². The van der Waals surface area contributed by atoms with Crippen molar-refractivity contribution in [3.63, 3.8) is 0 Å². The molecule has 0 spiro atoms. The van der Waals surface area contributed by atoms with Gasteiger partial charge in [-0.15, -0.1) is 0 Å². The third-order valence-corrected chi connectivity index (χ3v) is 1.93. The van der Waals surface area contributed by atoms with Crippen molar-refractivity contribution in [3.8, 4) is 0 Å². The average molecular weight is 229 g/mol. The fourth-order valence-electron chi connectivity index (χ4n) is 1.21. The van der Waals surface area contributed by atoms with E-state index in [2.05, 4.69) is 10.5 Å². The molecule has 1 aromatic carbocycles. The molecule has 0 aliphatic carbocycles. The summed E-state index contributed by atoms with van der Waals surface area (Å²) < 4.78 is 25.5. The normalized spacial score (nSPS) is 11.5. The fraction of sp³-hybridized carbons (Fsp3) is 0.300. The Morgan fingerprint density at radius 2 is 1.94 bits per heavy atom. The van der Waals surface area contributed by atoms with E-state index in [0.717, 1.165) is 6.07 Å². The van der Waals surface area contributed by atoms with Crippen molar-refractivity contribution in [1.82, 2.24) is 0 Å². The number of nitrogens with zero attached hydrogens (tertiary/aromatic N) is 1. The Morgan fingerprint density at radius 3 is 2.50 bits per heavy atom. The molecular weight excluding hydrogens is 216 g/mol. The summed E-state index contributed by atoms with van der Waals surface area (Å²) in [6.07, 6.45) is 1.02. The molecule has 0 aliphatic heterocycles. The van der Waals surface area contributed by atoms with Crippen LogP contribution in [-0.2, 0) is 0 Å². The van der Waals surface area contributed by atoms with Crippen LogP contribution in [0.4, 0.5) is 14.5 Å². The van der Waals surface area contributed by atoms with E-state index in [1.54, 1.807) is 0 Å². The van der Waals surface area contributed by atoms with Gasteiger partial charge in [0.05, 0.1) is 0 Å². The first-order valence-electron chi connectivity index (χ1n) is 4.78. The molecule has 0 fully saturated rings. The molecule has 16 heavy (non-hydrogen) atoms. The summed E-state index contributed by atoms with van der Waals surface area (Å²) in [5.74, 6) is -1.12. The van der Waals surface area contributed by atoms with Gasteiger partial charge in [0.2, 0.25) is 0 Å². The van der Waals surface area contributed by atoms with E-state index in [-0.39, 0.29) is 5.84 Å². The SMILES string of the molecule is NC(CCCNc1cc(F)cc(F)c1)=NO. The van der Waals surface area contributed by atoms with Crippen LogP contribution >= 0.6 is 0 Å². The van der Waals surface area contributed by atoms with Crippen LogP contribution in [0.15, 0.2) is 23.4 Å². The third-order valence-electron chi connectivity index (χ3n) is 1.93. The molecule has 0 aliphatic rings. The Labute approximate surface area is 91.8 Å². The summed E-state index contributed by atoms with van der Waals surface area (Å²) >= 11 is 0. The first-order valence-corrected chi connectivity index (χ1v) is 4.78. The van der Waals surface area contributed by atoms with Gasteiger partial charge < -0.3 is 16.3 Å². The molecule has 0 heterocycles. The van der Waals surface area contributed by atoms with Crippen LogP contribution in [-0.4, -0.2) is 17.6 Å². The lowest BCUT2D eigenvalue weighted by molar-refractivity contribution is 0.316. The summed E-state index contributed by atoms with van der Waals surface area (Å²) in [4.78, 5) is 0. The van der Waals surface area contributed by atoms with Crippen molar-refractivity contribution in [3.05, 3.63) is 29.8 Å². The fourth-order valence-corrected chi connectivity index (χ4v) is 1.21. The standard InChI is InChI=1S/C10H13F2N3O/c11-7-4-8(12)6-9(5-7)14-3-1-2-10(13)15-16/h4-6,14,16H,1-3H2,(H2,13,15). The number of hydrogen-bond acceptors (Lipinski definition) is 3. The minimum atomic E-state index is -0.626. The Hall–Kier alpha value is -1.85. The molecule has 0 radical (unpaired) electrons. The smallest absolute Gasteiger partial charge is 0.139 e. The van der Waals surface area contributed by atoms with E-state index >= 15 is 0 Å². The van der Waals surface area contributed by atoms with Gasteiger partial charge in [0.25, 0.3) is 0 Å². The van der Waals surface area contributed by atoms with E-state index in [1.165, 1.54) is 12.1 Å². The number of nitrogens with one attached hydrogen (secondary N) is 1. The second kappa shape index (κ2) is 5.89. The summed E-state index contributed by atoms with van der Waals surface area (Å²) in [6, 6.07) is 3.21. The maximum atomic E-state index is 12.8. The number of nitrogens with two attached hydrogens (primary N) is 1. The zero-order chi connectivity index (χ0) is 12.0. The molecule has 88 valence electrons. The number of anilines is 1. The molecule has 0 atom stereocenters. The van der Waals surface area contributed by atoms with Crippen molar-refractivity contribution < 1.29 is 14.0 Å². The lowest BCUT2D eigenvalue weighted by atomic mass is 10.2. The molecule has 6 heteroatoms. The largest absolute Gasteiger partial charge is 0.409 e. The van der Waals surface area contributed by atoms with E-state index in [0.29, 0.717) is 25.1 Å². The van der Waals surface area contributed by atoms with E-state index in [1.807, 2.05) is 0 Å². The molecule has 1 rings (SSSR count). The van der Waals surface area contributed by atoms with Crippen LogP contribution < -0.4 is 11.1 Å². The highest BCUT2D eigenvalue weighted by molar-refractivity contribution is 5.79. The van der Waals surface area contributed by atoms with Crippen LogP contribution in [0.25, 0.3) is 0 Å². The zero-order valence-electron chi connectivity index (χ0n) is 8.58. The van der Waals surface area contributed by atoms with Gasteiger partial charge in [-0.3, -0.25) is 0 Å². The molecule has 1 aromatic rings. The molecule has 4 N–H and O–H groups in total. The summed E-state index contributed by atoms with van der Waals surface area (Å²) in [7, 11) is 0. The van der Waals surface area contributed by atoms with Crippen LogP contribution in [0.5, 0.6) is 0 Å². The predicted molar refractivity (Wildman–Crippen MR) is 57.5 cm³/mol. The van der Waals surface area contributed by atoms with Gasteiger partial charge in [0.1, 0.15) is 17.5 Å². The van der Waals surface area contributed by atoms with E-state index in [9.17, 15) is 8.78 Å². The average Bonchev–Trinajstić information content (AvgIpc) is 2.22. The van der Waals surface area contributed by atoms with Crippen LogP contribution in [0, 0.1) is 11.6 Å². The number of benzene rings is 1. The second-order valence-corrected chi connectivity index (χ2v) is 3.28. The van der Waals surface area contributed by atoms with Crippen molar-refractivity contribution in [2.24, 2.45) is 10.9 Å². The van der Waals surface area contributed by atoms with Gasteiger partial charge in [-0.1, -0.05) is 5.16 Å². The van der Waals surface area contributed by atoms with Crippen molar-refractivity contribution >= 4 is 11.5 Å². The lowest BCUT2D eigenvalue weighted by Crippen LogP contribution is -2.13. The number of oxime groups is 1. The molecular formula is C10H13F2N3O. The summed E-state index contributed by atoms with van der Waals surface area (Å²) in [5, 5.41) is 13.9. The van der Waals surface area contributed by atoms with Crippen molar-refractivity contribution in [2.75, 3.05) is 11.9 Å². The van der Waals surface area contributed by atoms with Gasteiger partial charge in [-0.2, -0.15) is 0 Å². The van der Waals surface area contributed by atoms with Crippen LogP contribution in [0.1, 0.15) is 12.8 Å². The predicted octanol–water partition coefficient (Wildman–Crippen LogP) is 1.90. The highest BCUT2D eigenvalue weighted by Crippen LogP contribution is 2.12. The van der Waals surface area contributed by atoms with Crippen molar-refractivity contribution in [2.45, 2.75) is 12.8 Å². The molecule has 0 amide bonds. The van der Waals surface area contributed by atoms with Crippen molar-refractivity contribution in [1.29, 1.82) is 0 Å². The van der Waals surface area contributed by atoms with Gasteiger partial charge in [0.15, 0.2) is 0 Å². The quantitative estimate of drug-likeness (QED) is 0.237. The lowest BCUT2D eigenvalue weighted by Gasteiger charge is -2.06. The monoisotopic (exact) mass is 229 g/mol. The van der Waals surface area contributed by atoms with Crippen LogP contribution in [0.2, 0.25) is 0 Å². The third kappa shape index (κ3) is 4.12. The molecule has 0 bridgehead atoms. The first-order chi connectivity index (χ1) is 7.61. The Balaban J connectivity index is 2.37. The number of amidine groups is 1. The highest BCUT2D eigenvalue weighted by atomic mass is 19.1. The molecule has 0 aromatic heterocycles. The van der Waals surface area contributed by atoms with Gasteiger partial charge in [-0.25, -0.2) is 8.78 Å². The number of rotatable bonds is 5. The molecule has 0 saturated heterocycles. The summed E-state index contributed by atoms with van der Waals surface area (Å²) in [5.41, 5.74) is 5.63. The molecule has 0 saturated carbocycles. The molecule has 4 nitrogen and oxygen atoms in total. The first kappa shape index (κ1) is 12.2. The maximum absolute atomic E-state index is 12.8. The van der Waals surface area contributed by atoms with Gasteiger partial charge in [-0.05, 0) is 18.6 Å². The zero-order valence-corrected chi connectivity index (χ0v) is 8.58. The Morgan fingerprint density at radius 1 is 1.31 bits per heavy atom. The highest BCUT2D eigenvalue weighted by Gasteiger charge is 2.00. The van der Waals surface area contributed by atoms with E-state index < -0.39 is 11.6 Å². The maximum Gasteiger partial charge on any atom is 0.139 e. The Kier molecular flexibility index (Phi) is 4.50. The minimum absolute atomic E-state index is 0.132. The minimum Gasteiger partial charge on any atom is -0.409 e. The number of hydrogen-bond donors (Lipinski definition) is 3. The van der Waals surface area contributed by atoms with E-state index in [4.69, 9.17) is 10.9 Å². The topological polar surface area (TPSA) is 70.6 Å². The Bertz CT molecular complexity index is 362. The second-order valence-electron chi connectivity index (χ2n) is 3.28. The van der Waals surface area contributed by atoms with Gasteiger partial charge in [0, 0.05) is 24.7 Å². The molecule has 0 unspecified atom stereocenters. The number of halogens is 2. The summed E-state index contributed by atoms with van der Waals surface area (Å²) in [6.45, 7) is 0.485.